The van der Waals surface area contributed by atoms with Gasteiger partial charge in [-0.3, -0.25) is 4.79 Å². The lowest BCUT2D eigenvalue weighted by Gasteiger charge is -2.08. The molecule has 82 valence electrons. The van der Waals surface area contributed by atoms with Gasteiger partial charge in [-0.05, 0) is 40.0 Å². The molecule has 0 amide bonds. The quantitative estimate of drug-likeness (QED) is 0.883. The Balaban J connectivity index is 2.92. The third kappa shape index (κ3) is 3.13. The number of ether oxygens (including phenoxy) is 1. The van der Waals surface area contributed by atoms with Crippen molar-refractivity contribution in [2.24, 2.45) is 0 Å². The maximum atomic E-state index is 10.4. The number of halogens is 1. The number of methoxy groups -OCH3 is 1. The predicted octanol–water partition coefficient (Wildman–Crippen LogP) is 2.18. The summed E-state index contributed by atoms with van der Waals surface area (Å²) in [4.78, 5) is 10.4. The van der Waals surface area contributed by atoms with Gasteiger partial charge in [-0.15, -0.1) is 0 Å². The molecule has 1 rings (SSSR count). The van der Waals surface area contributed by atoms with E-state index >= 15 is 0 Å². The first-order valence-corrected chi connectivity index (χ1v) is 5.11. The Morgan fingerprint density at radius 3 is 2.73 bits per heavy atom. The van der Waals surface area contributed by atoms with Crippen LogP contribution < -0.4 is 4.74 Å². The fourth-order valence-corrected chi connectivity index (χ4v) is 1.68. The van der Waals surface area contributed by atoms with E-state index in [-0.39, 0.29) is 18.6 Å². The van der Waals surface area contributed by atoms with Gasteiger partial charge < -0.3 is 14.9 Å². The Labute approximate surface area is 95.6 Å². The Morgan fingerprint density at radius 1 is 1.53 bits per heavy atom. The van der Waals surface area contributed by atoms with Gasteiger partial charge in [0.05, 0.1) is 11.6 Å². The summed E-state index contributed by atoms with van der Waals surface area (Å²) in [6.07, 6.45) is 0.267. The van der Waals surface area contributed by atoms with Gasteiger partial charge in [0.1, 0.15) is 11.5 Å². The molecule has 5 heteroatoms. The average Bonchev–Trinajstić information content (AvgIpc) is 2.16. The summed E-state index contributed by atoms with van der Waals surface area (Å²) >= 11 is 3.22. The first kappa shape index (κ1) is 11.8. The van der Waals surface area contributed by atoms with Crippen molar-refractivity contribution < 1.29 is 19.7 Å². The first-order valence-electron chi connectivity index (χ1n) is 4.31. The minimum absolute atomic E-state index is 0.0155. The molecule has 0 aliphatic rings. The zero-order valence-corrected chi connectivity index (χ0v) is 9.74. The molecule has 1 aromatic rings. The molecular weight excluding hydrogens is 264 g/mol. The van der Waals surface area contributed by atoms with Crippen molar-refractivity contribution >= 4 is 21.9 Å². The van der Waals surface area contributed by atoms with Gasteiger partial charge in [0.15, 0.2) is 0 Å². The molecule has 1 aromatic carbocycles. The molecule has 0 atom stereocenters. The number of carbonyl (C=O) groups is 1. The largest absolute Gasteiger partial charge is 0.508 e. The van der Waals surface area contributed by atoms with Crippen molar-refractivity contribution in [3.05, 3.63) is 22.2 Å². The normalized spacial score (nSPS) is 10.0. The molecule has 0 saturated heterocycles. The number of carboxylic acids is 1. The van der Waals surface area contributed by atoms with Crippen molar-refractivity contribution in [1.29, 1.82) is 0 Å². The molecule has 0 saturated carbocycles. The molecule has 0 unspecified atom stereocenters. The number of rotatable bonds is 4. The number of hydrogen-bond acceptors (Lipinski definition) is 3. The maximum absolute atomic E-state index is 10.4. The second-order valence-corrected chi connectivity index (χ2v) is 3.86. The summed E-state index contributed by atoms with van der Waals surface area (Å²) in [7, 11) is 1.51. The van der Waals surface area contributed by atoms with Gasteiger partial charge in [0.2, 0.25) is 0 Å². The van der Waals surface area contributed by atoms with Crippen molar-refractivity contribution in [3.8, 4) is 11.5 Å². The van der Waals surface area contributed by atoms with Crippen LogP contribution in [0.15, 0.2) is 16.6 Å². The summed E-state index contributed by atoms with van der Waals surface area (Å²) < 4.78 is 5.68. The van der Waals surface area contributed by atoms with Gasteiger partial charge in [-0.25, -0.2) is 0 Å². The smallest absolute Gasteiger partial charge is 0.303 e. The lowest BCUT2D eigenvalue weighted by molar-refractivity contribution is -0.136. The minimum atomic E-state index is -0.892. The molecule has 0 spiro atoms. The van der Waals surface area contributed by atoms with Crippen LogP contribution in [0.3, 0.4) is 0 Å². The second kappa shape index (κ2) is 5.02. The molecule has 4 nitrogen and oxygen atoms in total. The van der Waals surface area contributed by atoms with Gasteiger partial charge in [0, 0.05) is 6.42 Å². The number of phenolic OH excluding ortho intramolecular Hbond substituents is 1. The number of aromatic hydroxyl groups is 1. The Bertz CT molecular complexity index is 376. The van der Waals surface area contributed by atoms with Gasteiger partial charge in [-0.1, -0.05) is 0 Å². The monoisotopic (exact) mass is 274 g/mol. The van der Waals surface area contributed by atoms with E-state index in [1.807, 2.05) is 0 Å². The van der Waals surface area contributed by atoms with Crippen LogP contribution in [0.4, 0.5) is 0 Å². The molecule has 0 aromatic heterocycles. The highest BCUT2D eigenvalue weighted by Gasteiger charge is 2.09. The fraction of sp³-hybridized carbons (Fsp3) is 0.300. The minimum Gasteiger partial charge on any atom is -0.508 e. The topological polar surface area (TPSA) is 66.8 Å². The first-order chi connectivity index (χ1) is 7.04. The summed E-state index contributed by atoms with van der Waals surface area (Å²) in [5.74, 6) is -0.242. The molecule has 2 N–H and O–H groups in total. The number of carboxylic acid groups (broad SMARTS) is 1. The molecule has 0 aliphatic carbocycles. The number of aryl methyl sites for hydroxylation is 1. The van der Waals surface area contributed by atoms with Crippen LogP contribution in [0, 0.1) is 0 Å². The summed E-state index contributed by atoms with van der Waals surface area (Å²) in [5.41, 5.74) is 0.567. The third-order valence-electron chi connectivity index (χ3n) is 1.96. The number of hydrogen-bond donors (Lipinski definition) is 2. The Morgan fingerprint density at radius 2 is 2.20 bits per heavy atom. The van der Waals surface area contributed by atoms with E-state index in [0.29, 0.717) is 15.8 Å². The van der Waals surface area contributed by atoms with E-state index in [9.17, 15) is 9.90 Å². The molecule has 0 radical (unpaired) electrons. The van der Waals surface area contributed by atoms with Crippen molar-refractivity contribution in [2.45, 2.75) is 12.8 Å². The number of benzene rings is 1. The van der Waals surface area contributed by atoms with Crippen molar-refractivity contribution in [1.82, 2.24) is 0 Å². The van der Waals surface area contributed by atoms with Crippen LogP contribution in [0.2, 0.25) is 0 Å². The zero-order valence-electron chi connectivity index (χ0n) is 8.16. The van der Waals surface area contributed by atoms with Crippen LogP contribution in [0.5, 0.6) is 11.5 Å². The second-order valence-electron chi connectivity index (χ2n) is 3.01. The number of phenols is 1. The van der Waals surface area contributed by atoms with Crippen molar-refractivity contribution in [2.75, 3.05) is 7.11 Å². The van der Waals surface area contributed by atoms with E-state index in [4.69, 9.17) is 9.84 Å². The Kier molecular flexibility index (Phi) is 3.96. The van der Waals surface area contributed by atoms with Crippen LogP contribution >= 0.6 is 15.9 Å². The lowest BCUT2D eigenvalue weighted by Crippen LogP contribution is -1.98. The van der Waals surface area contributed by atoms with Gasteiger partial charge in [-0.2, -0.15) is 0 Å². The Hall–Kier alpha value is -1.23. The summed E-state index contributed by atoms with van der Waals surface area (Å²) in [5, 5.41) is 18.1. The fourth-order valence-electron chi connectivity index (χ4n) is 1.18. The van der Waals surface area contributed by atoms with Crippen LogP contribution in [-0.4, -0.2) is 23.3 Å². The lowest BCUT2D eigenvalue weighted by atomic mass is 10.1. The molecular formula is C10H11BrO4. The molecule has 15 heavy (non-hydrogen) atoms. The predicted molar refractivity (Wildman–Crippen MR) is 58.3 cm³/mol. The van der Waals surface area contributed by atoms with Crippen LogP contribution in [0.25, 0.3) is 0 Å². The highest BCUT2D eigenvalue weighted by atomic mass is 79.9. The summed E-state index contributed by atoms with van der Waals surface area (Å²) in [6.45, 7) is 0. The van der Waals surface area contributed by atoms with E-state index in [1.165, 1.54) is 13.2 Å². The SMILES string of the molecule is COc1cc(CCC(=O)O)c(O)cc1Br. The zero-order chi connectivity index (χ0) is 11.4. The highest BCUT2D eigenvalue weighted by molar-refractivity contribution is 9.10. The summed E-state index contributed by atoms with van der Waals surface area (Å²) in [6, 6.07) is 3.12. The molecule has 0 fully saturated rings. The maximum Gasteiger partial charge on any atom is 0.303 e. The van der Waals surface area contributed by atoms with E-state index in [1.54, 1.807) is 6.07 Å². The van der Waals surface area contributed by atoms with Crippen LogP contribution in [0.1, 0.15) is 12.0 Å². The number of aliphatic carboxylic acids is 1. The average molecular weight is 275 g/mol. The van der Waals surface area contributed by atoms with Crippen molar-refractivity contribution in [3.63, 3.8) is 0 Å². The van der Waals surface area contributed by atoms with E-state index < -0.39 is 5.97 Å². The van der Waals surface area contributed by atoms with E-state index in [2.05, 4.69) is 15.9 Å². The molecule has 0 heterocycles. The van der Waals surface area contributed by atoms with E-state index in [0.717, 1.165) is 0 Å². The van der Waals surface area contributed by atoms with Crippen LogP contribution in [-0.2, 0) is 11.2 Å². The standard InChI is InChI=1S/C10H11BrO4/c1-15-9-4-6(2-3-10(13)14)8(12)5-7(9)11/h4-5,12H,2-3H2,1H3,(H,13,14). The van der Waals surface area contributed by atoms with Gasteiger partial charge >= 0.3 is 5.97 Å². The highest BCUT2D eigenvalue weighted by Crippen LogP contribution is 2.32. The third-order valence-corrected chi connectivity index (χ3v) is 2.58. The molecule has 0 aliphatic heterocycles. The molecule has 0 bridgehead atoms. The van der Waals surface area contributed by atoms with Gasteiger partial charge in [0.25, 0.3) is 0 Å².